The molecular formula is C13H17F2N3O. The minimum atomic E-state index is -0.872. The molecule has 104 valence electrons. The van der Waals surface area contributed by atoms with Gasteiger partial charge in [0, 0.05) is 31.7 Å². The van der Waals surface area contributed by atoms with Crippen molar-refractivity contribution in [2.75, 3.05) is 32.4 Å². The summed E-state index contributed by atoms with van der Waals surface area (Å²) in [6, 6.07) is 1.71. The second kappa shape index (κ2) is 5.13. The van der Waals surface area contributed by atoms with E-state index in [-0.39, 0.29) is 17.3 Å². The maximum atomic E-state index is 13.7. The zero-order valence-corrected chi connectivity index (χ0v) is 11.0. The minimum absolute atomic E-state index is 0.0167. The summed E-state index contributed by atoms with van der Waals surface area (Å²) in [5.74, 6) is -2.16. The fraction of sp³-hybridized carbons (Fsp3) is 0.462. The Morgan fingerprint density at radius 2 is 2.00 bits per heavy atom. The third-order valence-electron chi connectivity index (χ3n) is 3.41. The Labute approximate surface area is 110 Å². The number of benzene rings is 1. The average Bonchev–Trinajstić information content (AvgIpc) is 2.33. The number of amides is 1. The molecule has 1 aliphatic heterocycles. The fourth-order valence-electron chi connectivity index (χ4n) is 2.33. The van der Waals surface area contributed by atoms with Crippen LogP contribution in [0.3, 0.4) is 0 Å². The van der Waals surface area contributed by atoms with Crippen molar-refractivity contribution in [3.05, 3.63) is 29.3 Å². The molecule has 0 aromatic heterocycles. The van der Waals surface area contributed by atoms with Crippen molar-refractivity contribution in [1.82, 2.24) is 9.80 Å². The SMILES string of the molecule is CC1CN(C)CCN1C(=O)c1cc(N)c(F)cc1F. The molecule has 0 radical (unpaired) electrons. The first-order valence-electron chi connectivity index (χ1n) is 6.14. The van der Waals surface area contributed by atoms with E-state index in [2.05, 4.69) is 4.90 Å². The maximum Gasteiger partial charge on any atom is 0.257 e. The van der Waals surface area contributed by atoms with Gasteiger partial charge in [0.15, 0.2) is 0 Å². The van der Waals surface area contributed by atoms with Crippen LogP contribution in [0.15, 0.2) is 12.1 Å². The molecule has 0 spiro atoms. The lowest BCUT2D eigenvalue weighted by molar-refractivity contribution is 0.0529. The predicted molar refractivity (Wildman–Crippen MR) is 68.8 cm³/mol. The molecule has 1 saturated heterocycles. The summed E-state index contributed by atoms with van der Waals surface area (Å²) in [7, 11) is 1.97. The predicted octanol–water partition coefficient (Wildman–Crippen LogP) is 1.32. The molecule has 1 aliphatic rings. The molecular weight excluding hydrogens is 252 g/mol. The Hall–Kier alpha value is -1.69. The summed E-state index contributed by atoms with van der Waals surface area (Å²) in [4.78, 5) is 16.0. The van der Waals surface area contributed by atoms with Gasteiger partial charge in [0.2, 0.25) is 0 Å². The van der Waals surface area contributed by atoms with Crippen LogP contribution in [0.2, 0.25) is 0 Å². The van der Waals surface area contributed by atoms with Crippen LogP contribution < -0.4 is 5.73 Å². The average molecular weight is 269 g/mol. The number of rotatable bonds is 1. The van der Waals surface area contributed by atoms with Crippen LogP contribution in [0, 0.1) is 11.6 Å². The Kier molecular flexibility index (Phi) is 3.71. The number of anilines is 1. The second-order valence-corrected chi connectivity index (χ2v) is 4.96. The van der Waals surface area contributed by atoms with Gasteiger partial charge < -0.3 is 15.5 Å². The molecule has 1 aromatic carbocycles. The number of nitrogens with two attached hydrogens (primary N) is 1. The van der Waals surface area contributed by atoms with Gasteiger partial charge >= 0.3 is 0 Å². The number of carbonyl (C=O) groups is 1. The van der Waals surface area contributed by atoms with Crippen LogP contribution in [0.4, 0.5) is 14.5 Å². The third-order valence-corrected chi connectivity index (χ3v) is 3.41. The molecule has 0 aliphatic carbocycles. The van der Waals surface area contributed by atoms with Gasteiger partial charge in [0.1, 0.15) is 11.6 Å². The Balaban J connectivity index is 2.27. The molecule has 1 fully saturated rings. The van der Waals surface area contributed by atoms with Crippen molar-refractivity contribution in [3.8, 4) is 0 Å². The van der Waals surface area contributed by atoms with Crippen LogP contribution >= 0.6 is 0 Å². The van der Waals surface area contributed by atoms with Crippen LogP contribution in [-0.4, -0.2) is 48.4 Å². The number of carbonyl (C=O) groups excluding carboxylic acids is 1. The normalized spacial score (nSPS) is 20.6. The maximum absolute atomic E-state index is 13.7. The number of halogens is 2. The highest BCUT2D eigenvalue weighted by Crippen LogP contribution is 2.20. The highest BCUT2D eigenvalue weighted by atomic mass is 19.1. The topological polar surface area (TPSA) is 49.6 Å². The number of hydrogen-bond acceptors (Lipinski definition) is 3. The summed E-state index contributed by atoms with van der Waals surface area (Å²) in [5.41, 5.74) is 5.01. The van der Waals surface area contributed by atoms with Gasteiger partial charge in [-0.3, -0.25) is 4.79 Å². The van der Waals surface area contributed by atoms with E-state index in [1.54, 1.807) is 4.90 Å². The van der Waals surface area contributed by atoms with Gasteiger partial charge in [-0.2, -0.15) is 0 Å². The molecule has 1 unspecified atom stereocenters. The first-order valence-corrected chi connectivity index (χ1v) is 6.14. The van der Waals surface area contributed by atoms with Crippen LogP contribution in [0.5, 0.6) is 0 Å². The first kappa shape index (κ1) is 13.7. The van der Waals surface area contributed by atoms with Gasteiger partial charge in [-0.05, 0) is 20.0 Å². The summed E-state index contributed by atoms with van der Waals surface area (Å²) in [5, 5.41) is 0. The third kappa shape index (κ3) is 2.68. The molecule has 19 heavy (non-hydrogen) atoms. The lowest BCUT2D eigenvalue weighted by atomic mass is 10.1. The zero-order valence-electron chi connectivity index (χ0n) is 11.0. The molecule has 1 atom stereocenters. The minimum Gasteiger partial charge on any atom is -0.396 e. The van der Waals surface area contributed by atoms with E-state index in [9.17, 15) is 13.6 Å². The molecule has 4 nitrogen and oxygen atoms in total. The number of nitrogen functional groups attached to an aromatic ring is 1. The van der Waals surface area contributed by atoms with Crippen molar-refractivity contribution in [1.29, 1.82) is 0 Å². The lowest BCUT2D eigenvalue weighted by Crippen LogP contribution is -2.52. The molecule has 1 amide bonds. The first-order chi connectivity index (χ1) is 8.90. The molecule has 2 rings (SSSR count). The van der Waals surface area contributed by atoms with E-state index in [0.717, 1.165) is 19.2 Å². The Bertz CT molecular complexity index is 507. The zero-order chi connectivity index (χ0) is 14.2. The van der Waals surface area contributed by atoms with Gasteiger partial charge in [-0.1, -0.05) is 0 Å². The van der Waals surface area contributed by atoms with Crippen molar-refractivity contribution >= 4 is 11.6 Å². The quantitative estimate of drug-likeness (QED) is 0.782. The van der Waals surface area contributed by atoms with Gasteiger partial charge in [0.25, 0.3) is 5.91 Å². The van der Waals surface area contributed by atoms with E-state index >= 15 is 0 Å². The van der Waals surface area contributed by atoms with Crippen molar-refractivity contribution in [3.63, 3.8) is 0 Å². The number of nitrogens with zero attached hydrogens (tertiary/aromatic N) is 2. The largest absolute Gasteiger partial charge is 0.396 e. The standard InChI is InChI=1S/C13H17F2N3O/c1-8-7-17(2)3-4-18(8)13(19)9-5-12(16)11(15)6-10(9)14/h5-6,8H,3-4,7,16H2,1-2H3. The van der Waals surface area contributed by atoms with Crippen molar-refractivity contribution < 1.29 is 13.6 Å². The summed E-state index contributed by atoms with van der Waals surface area (Å²) < 4.78 is 26.8. The summed E-state index contributed by atoms with van der Waals surface area (Å²) in [6.45, 7) is 3.88. The molecule has 1 heterocycles. The van der Waals surface area contributed by atoms with Crippen molar-refractivity contribution in [2.24, 2.45) is 0 Å². The van der Waals surface area contributed by atoms with Gasteiger partial charge in [0.05, 0.1) is 11.3 Å². The molecule has 0 saturated carbocycles. The highest BCUT2D eigenvalue weighted by molar-refractivity contribution is 5.95. The number of hydrogen-bond donors (Lipinski definition) is 1. The Morgan fingerprint density at radius 1 is 1.32 bits per heavy atom. The van der Waals surface area contributed by atoms with Gasteiger partial charge in [-0.25, -0.2) is 8.78 Å². The highest BCUT2D eigenvalue weighted by Gasteiger charge is 2.28. The molecule has 2 N–H and O–H groups in total. The summed E-state index contributed by atoms with van der Waals surface area (Å²) >= 11 is 0. The summed E-state index contributed by atoms with van der Waals surface area (Å²) in [6.07, 6.45) is 0. The smallest absolute Gasteiger partial charge is 0.257 e. The molecule has 6 heteroatoms. The monoisotopic (exact) mass is 269 g/mol. The van der Waals surface area contributed by atoms with Crippen LogP contribution in [0.25, 0.3) is 0 Å². The van der Waals surface area contributed by atoms with E-state index in [1.165, 1.54) is 0 Å². The van der Waals surface area contributed by atoms with E-state index < -0.39 is 17.5 Å². The molecule has 0 bridgehead atoms. The lowest BCUT2D eigenvalue weighted by Gasteiger charge is -2.38. The molecule has 1 aromatic rings. The number of likely N-dealkylation sites (N-methyl/N-ethyl adjacent to an activating group) is 1. The van der Waals surface area contributed by atoms with E-state index in [0.29, 0.717) is 12.6 Å². The van der Waals surface area contributed by atoms with Crippen molar-refractivity contribution in [2.45, 2.75) is 13.0 Å². The fourth-order valence-corrected chi connectivity index (χ4v) is 2.33. The number of piperazine rings is 1. The van der Waals surface area contributed by atoms with E-state index in [1.807, 2.05) is 14.0 Å². The van der Waals surface area contributed by atoms with E-state index in [4.69, 9.17) is 5.73 Å². The Morgan fingerprint density at radius 3 is 2.63 bits per heavy atom. The van der Waals surface area contributed by atoms with Crippen LogP contribution in [0.1, 0.15) is 17.3 Å². The second-order valence-electron chi connectivity index (χ2n) is 4.96. The van der Waals surface area contributed by atoms with Crippen LogP contribution in [-0.2, 0) is 0 Å². The van der Waals surface area contributed by atoms with Gasteiger partial charge in [-0.15, -0.1) is 0 Å².